The summed E-state index contributed by atoms with van der Waals surface area (Å²) in [6.07, 6.45) is 3.84. The minimum absolute atomic E-state index is 0.0586. The van der Waals surface area contributed by atoms with Gasteiger partial charge in [-0.2, -0.15) is 0 Å². The van der Waals surface area contributed by atoms with Crippen LogP contribution in [0.4, 0.5) is 0 Å². The van der Waals surface area contributed by atoms with Crippen LogP contribution in [0.15, 0.2) is 16.9 Å². The van der Waals surface area contributed by atoms with Crippen molar-refractivity contribution in [1.29, 1.82) is 0 Å². The molecule has 1 aromatic heterocycles. The highest BCUT2D eigenvalue weighted by Gasteiger charge is 2.37. The molecule has 0 unspecified atom stereocenters. The van der Waals surface area contributed by atoms with Crippen molar-refractivity contribution in [3.05, 3.63) is 33.7 Å². The molecule has 1 atom stereocenters. The van der Waals surface area contributed by atoms with Crippen LogP contribution >= 0.6 is 0 Å². The number of rotatable bonds is 2. The number of hydrogen-bond donors (Lipinski definition) is 1. The minimum atomic E-state index is -0.115. The molecule has 0 saturated carbocycles. The number of aromatic amines is 1. The largest absolute Gasteiger partial charge is 0.354 e. The van der Waals surface area contributed by atoms with Gasteiger partial charge in [0.05, 0.1) is 0 Å². The summed E-state index contributed by atoms with van der Waals surface area (Å²) in [5.74, 6) is -0.0586. The smallest absolute Gasteiger partial charge is 0.270 e. The first-order valence-corrected chi connectivity index (χ1v) is 7.80. The number of pyridine rings is 1. The molecule has 5 nitrogen and oxygen atoms in total. The van der Waals surface area contributed by atoms with Crippen LogP contribution < -0.4 is 5.43 Å². The summed E-state index contributed by atoms with van der Waals surface area (Å²) in [5, 5.41) is 0. The van der Waals surface area contributed by atoms with Crippen LogP contribution in [-0.4, -0.2) is 52.4 Å². The highest BCUT2D eigenvalue weighted by Crippen LogP contribution is 2.25. The second kappa shape index (κ2) is 5.64. The Bertz CT molecular complexity index is 589. The second-order valence-corrected chi connectivity index (χ2v) is 6.36. The average Bonchev–Trinajstić information content (AvgIpc) is 2.38. The lowest BCUT2D eigenvalue weighted by atomic mass is 9.97. The number of carbonyl (C=O) groups excluding carboxylic acids is 1. The monoisotopic (exact) mass is 289 g/mol. The van der Waals surface area contributed by atoms with Crippen molar-refractivity contribution in [3.8, 4) is 0 Å². The van der Waals surface area contributed by atoms with Crippen molar-refractivity contribution in [2.45, 2.75) is 45.2 Å². The summed E-state index contributed by atoms with van der Waals surface area (Å²) in [5.41, 5.74) is 1.02. The highest BCUT2D eigenvalue weighted by atomic mass is 16.2. The number of nitrogens with one attached hydrogen (secondary N) is 1. The standard InChI is InChI=1S/C16H23N3O2/c1-11-7-14(20)8-15(17-11)16(21)18-9-13(10-18)19-6-4-3-5-12(19)2/h7-8,12-13H,3-6,9-10H2,1-2H3,(H,17,20)/t12-/m1/s1. The topological polar surface area (TPSA) is 56.4 Å². The summed E-state index contributed by atoms with van der Waals surface area (Å²) < 4.78 is 0. The van der Waals surface area contributed by atoms with E-state index >= 15 is 0 Å². The van der Waals surface area contributed by atoms with Gasteiger partial charge >= 0.3 is 0 Å². The van der Waals surface area contributed by atoms with E-state index in [-0.39, 0.29) is 11.3 Å². The van der Waals surface area contributed by atoms with Crippen molar-refractivity contribution in [2.75, 3.05) is 19.6 Å². The fourth-order valence-electron chi connectivity index (χ4n) is 3.46. The number of aryl methyl sites for hydroxylation is 1. The Morgan fingerprint density at radius 2 is 2.05 bits per heavy atom. The van der Waals surface area contributed by atoms with Crippen LogP contribution in [0.25, 0.3) is 0 Å². The van der Waals surface area contributed by atoms with E-state index in [4.69, 9.17) is 0 Å². The molecule has 2 fully saturated rings. The number of H-pyrrole nitrogens is 1. The van der Waals surface area contributed by atoms with E-state index in [0.29, 0.717) is 17.8 Å². The summed E-state index contributed by atoms with van der Waals surface area (Å²) >= 11 is 0. The maximum absolute atomic E-state index is 12.4. The predicted molar refractivity (Wildman–Crippen MR) is 81.5 cm³/mol. The molecule has 0 bridgehead atoms. The average molecular weight is 289 g/mol. The maximum Gasteiger partial charge on any atom is 0.270 e. The third kappa shape index (κ3) is 2.88. The van der Waals surface area contributed by atoms with E-state index in [0.717, 1.165) is 25.3 Å². The molecule has 3 heterocycles. The van der Waals surface area contributed by atoms with E-state index < -0.39 is 0 Å². The van der Waals surface area contributed by atoms with Crippen LogP contribution in [0, 0.1) is 6.92 Å². The summed E-state index contributed by atoms with van der Waals surface area (Å²) in [6.45, 7) is 6.78. The van der Waals surface area contributed by atoms with Gasteiger partial charge in [0, 0.05) is 43.0 Å². The Morgan fingerprint density at radius 3 is 2.71 bits per heavy atom. The van der Waals surface area contributed by atoms with Crippen LogP contribution in [0.3, 0.4) is 0 Å². The molecule has 21 heavy (non-hydrogen) atoms. The molecule has 1 N–H and O–H groups in total. The second-order valence-electron chi connectivity index (χ2n) is 6.36. The lowest BCUT2D eigenvalue weighted by molar-refractivity contribution is 0.00179. The van der Waals surface area contributed by atoms with Gasteiger partial charge in [0.2, 0.25) is 0 Å². The van der Waals surface area contributed by atoms with E-state index in [1.165, 1.54) is 31.4 Å². The molecule has 0 spiro atoms. The molecular weight excluding hydrogens is 266 g/mol. The molecular formula is C16H23N3O2. The molecule has 3 rings (SSSR count). The van der Waals surface area contributed by atoms with Gasteiger partial charge in [-0.15, -0.1) is 0 Å². The molecule has 2 aliphatic heterocycles. The summed E-state index contributed by atoms with van der Waals surface area (Å²) in [6, 6.07) is 4.01. The van der Waals surface area contributed by atoms with Crippen molar-refractivity contribution < 1.29 is 4.79 Å². The third-order valence-corrected chi connectivity index (χ3v) is 4.68. The Balaban J connectivity index is 1.63. The fourth-order valence-corrected chi connectivity index (χ4v) is 3.46. The predicted octanol–water partition coefficient (Wildman–Crippen LogP) is 1.38. The zero-order valence-electron chi connectivity index (χ0n) is 12.8. The molecule has 1 amide bonds. The van der Waals surface area contributed by atoms with E-state index in [1.807, 2.05) is 4.90 Å². The van der Waals surface area contributed by atoms with Gasteiger partial charge in [0.1, 0.15) is 5.69 Å². The summed E-state index contributed by atoms with van der Waals surface area (Å²) in [4.78, 5) is 31.2. The van der Waals surface area contributed by atoms with E-state index in [1.54, 1.807) is 6.92 Å². The summed E-state index contributed by atoms with van der Waals surface area (Å²) in [7, 11) is 0. The normalized spacial score (nSPS) is 23.9. The molecule has 5 heteroatoms. The van der Waals surface area contributed by atoms with Gasteiger partial charge in [-0.3, -0.25) is 14.5 Å². The zero-order chi connectivity index (χ0) is 15.0. The molecule has 1 aromatic rings. The molecule has 0 aliphatic carbocycles. The number of nitrogens with zero attached hydrogens (tertiary/aromatic N) is 2. The van der Waals surface area contributed by atoms with Crippen molar-refractivity contribution >= 4 is 5.91 Å². The number of carbonyl (C=O) groups is 1. The zero-order valence-corrected chi connectivity index (χ0v) is 12.8. The molecule has 114 valence electrons. The number of piperidine rings is 1. The Labute approximate surface area is 124 Å². The van der Waals surface area contributed by atoms with Crippen LogP contribution in [0.2, 0.25) is 0 Å². The Kier molecular flexibility index (Phi) is 3.85. The first kappa shape index (κ1) is 14.3. The Hall–Kier alpha value is -1.62. The quantitative estimate of drug-likeness (QED) is 0.895. The molecule has 0 radical (unpaired) electrons. The first-order chi connectivity index (χ1) is 10.0. The SMILES string of the molecule is Cc1cc(=O)cc(C(=O)N2CC(N3CCCC[C@H]3C)C2)[nH]1. The van der Waals surface area contributed by atoms with Crippen molar-refractivity contribution in [2.24, 2.45) is 0 Å². The molecule has 0 aromatic carbocycles. The van der Waals surface area contributed by atoms with Gasteiger partial charge in [-0.1, -0.05) is 6.42 Å². The van der Waals surface area contributed by atoms with Gasteiger partial charge in [0.15, 0.2) is 5.43 Å². The van der Waals surface area contributed by atoms with E-state index in [2.05, 4.69) is 16.8 Å². The fraction of sp³-hybridized carbons (Fsp3) is 0.625. The van der Waals surface area contributed by atoms with Gasteiger partial charge in [-0.25, -0.2) is 0 Å². The lowest BCUT2D eigenvalue weighted by Gasteiger charge is -2.49. The molecule has 2 saturated heterocycles. The van der Waals surface area contributed by atoms with Gasteiger partial charge in [-0.05, 0) is 33.2 Å². The number of likely N-dealkylation sites (tertiary alicyclic amines) is 2. The minimum Gasteiger partial charge on any atom is -0.354 e. The third-order valence-electron chi connectivity index (χ3n) is 4.68. The van der Waals surface area contributed by atoms with Crippen molar-refractivity contribution in [1.82, 2.24) is 14.8 Å². The van der Waals surface area contributed by atoms with Crippen molar-refractivity contribution in [3.63, 3.8) is 0 Å². The van der Waals surface area contributed by atoms with Gasteiger partial charge in [0.25, 0.3) is 5.91 Å². The number of amides is 1. The van der Waals surface area contributed by atoms with Crippen LogP contribution in [-0.2, 0) is 0 Å². The van der Waals surface area contributed by atoms with Gasteiger partial charge < -0.3 is 9.88 Å². The highest BCUT2D eigenvalue weighted by molar-refractivity contribution is 5.93. The Morgan fingerprint density at radius 1 is 1.29 bits per heavy atom. The van der Waals surface area contributed by atoms with E-state index in [9.17, 15) is 9.59 Å². The maximum atomic E-state index is 12.4. The molecule has 2 aliphatic rings. The van der Waals surface area contributed by atoms with Crippen LogP contribution in [0.5, 0.6) is 0 Å². The number of hydrogen-bond acceptors (Lipinski definition) is 3. The first-order valence-electron chi connectivity index (χ1n) is 7.80. The van der Waals surface area contributed by atoms with Crippen LogP contribution in [0.1, 0.15) is 42.4 Å². The number of aromatic nitrogens is 1. The lowest BCUT2D eigenvalue weighted by Crippen LogP contribution is -2.63.